The summed E-state index contributed by atoms with van der Waals surface area (Å²) in [6.45, 7) is 8.28. The Balaban J connectivity index is 2.59. The molecule has 1 aliphatic carbocycles. The van der Waals surface area contributed by atoms with Gasteiger partial charge in [0.15, 0.2) is 0 Å². The Hall–Kier alpha value is -0.300. The third-order valence-electron chi connectivity index (χ3n) is 2.03. The first-order chi connectivity index (χ1) is 4.43. The molecule has 1 nitrogen and oxygen atoms in total. The lowest BCUT2D eigenvalue weighted by molar-refractivity contribution is 0.0984. The maximum Gasteiger partial charge on any atom is 0.0804 e. The highest BCUT2D eigenvalue weighted by Gasteiger charge is 2.32. The maximum absolute atomic E-state index is 9.64. The average molecular weight is 140 g/mol. The molecule has 1 heteroatoms. The fourth-order valence-corrected chi connectivity index (χ4v) is 1.09. The lowest BCUT2D eigenvalue weighted by Gasteiger charge is -2.23. The van der Waals surface area contributed by atoms with Gasteiger partial charge in [0.25, 0.3) is 0 Å². The molecular formula is C9H16O. The van der Waals surface area contributed by atoms with Crippen molar-refractivity contribution in [1.29, 1.82) is 0 Å². The fourth-order valence-electron chi connectivity index (χ4n) is 1.09. The van der Waals surface area contributed by atoms with E-state index in [0.717, 1.165) is 6.42 Å². The number of hydrogen-bond acceptors (Lipinski definition) is 1. The van der Waals surface area contributed by atoms with Crippen molar-refractivity contribution in [3.05, 3.63) is 11.1 Å². The molecule has 0 radical (unpaired) electrons. The second-order valence-electron chi connectivity index (χ2n) is 4.25. The van der Waals surface area contributed by atoms with Gasteiger partial charge in [-0.2, -0.15) is 0 Å². The van der Waals surface area contributed by atoms with Gasteiger partial charge in [0.05, 0.1) is 6.10 Å². The first-order valence-corrected chi connectivity index (χ1v) is 3.79. The van der Waals surface area contributed by atoms with Crippen LogP contribution in [0.5, 0.6) is 0 Å². The molecule has 0 aliphatic heterocycles. The lowest BCUT2D eigenvalue weighted by Crippen LogP contribution is -2.24. The second-order valence-corrected chi connectivity index (χ2v) is 4.25. The molecule has 0 aromatic heterocycles. The van der Waals surface area contributed by atoms with E-state index in [9.17, 15) is 5.11 Å². The quantitative estimate of drug-likeness (QED) is 0.553. The largest absolute Gasteiger partial charge is 0.388 e. The molecule has 0 unspecified atom stereocenters. The topological polar surface area (TPSA) is 20.2 Å². The Bertz CT molecular complexity index is 172. The van der Waals surface area contributed by atoms with Crippen LogP contribution in [0.4, 0.5) is 0 Å². The summed E-state index contributed by atoms with van der Waals surface area (Å²) in [5.41, 5.74) is 2.66. The Morgan fingerprint density at radius 2 is 1.80 bits per heavy atom. The molecule has 1 N–H and O–H groups in total. The van der Waals surface area contributed by atoms with Crippen LogP contribution in [0.1, 0.15) is 34.1 Å². The zero-order chi connectivity index (χ0) is 7.94. The Kier molecular flexibility index (Phi) is 1.63. The lowest BCUT2D eigenvalue weighted by atomic mass is 9.87. The van der Waals surface area contributed by atoms with Gasteiger partial charge in [0.1, 0.15) is 0 Å². The zero-order valence-electron chi connectivity index (χ0n) is 7.23. The smallest absolute Gasteiger partial charge is 0.0804 e. The van der Waals surface area contributed by atoms with E-state index in [1.165, 1.54) is 11.1 Å². The van der Waals surface area contributed by atoms with Crippen molar-refractivity contribution in [1.82, 2.24) is 0 Å². The minimum Gasteiger partial charge on any atom is -0.388 e. The summed E-state index contributed by atoms with van der Waals surface area (Å²) in [6.07, 6.45) is 0.839. The number of aliphatic hydroxyl groups is 1. The normalized spacial score (nSPS) is 21.3. The van der Waals surface area contributed by atoms with Crippen LogP contribution in [0.3, 0.4) is 0 Å². The second kappa shape index (κ2) is 2.09. The summed E-state index contributed by atoms with van der Waals surface area (Å²) >= 11 is 0. The Labute approximate surface area is 62.8 Å². The van der Waals surface area contributed by atoms with Crippen LogP contribution < -0.4 is 0 Å². The minimum absolute atomic E-state index is 0.0209. The monoisotopic (exact) mass is 140 g/mol. The molecule has 1 atom stereocenters. The van der Waals surface area contributed by atoms with Crippen molar-refractivity contribution in [3.8, 4) is 0 Å². The van der Waals surface area contributed by atoms with E-state index in [1.807, 2.05) is 0 Å². The summed E-state index contributed by atoms with van der Waals surface area (Å²) in [5, 5.41) is 9.64. The van der Waals surface area contributed by atoms with Crippen LogP contribution in [0.25, 0.3) is 0 Å². The van der Waals surface area contributed by atoms with Gasteiger partial charge in [-0.1, -0.05) is 26.3 Å². The number of allylic oxidation sites excluding steroid dienone is 1. The van der Waals surface area contributed by atoms with Crippen molar-refractivity contribution >= 4 is 0 Å². The van der Waals surface area contributed by atoms with Gasteiger partial charge < -0.3 is 5.11 Å². The molecule has 0 heterocycles. The van der Waals surface area contributed by atoms with E-state index < -0.39 is 0 Å². The summed E-state index contributed by atoms with van der Waals surface area (Å²) in [4.78, 5) is 0. The van der Waals surface area contributed by atoms with Gasteiger partial charge >= 0.3 is 0 Å². The predicted molar refractivity (Wildman–Crippen MR) is 42.8 cm³/mol. The van der Waals surface area contributed by atoms with Crippen LogP contribution in [0.15, 0.2) is 11.1 Å². The standard InChI is InChI=1S/C9H16O/c1-6-5-7(6)8(10)9(2,3)4/h8,10H,5H2,1-4H3/t8-/m0/s1. The Morgan fingerprint density at radius 1 is 1.40 bits per heavy atom. The molecule has 0 amide bonds. The number of hydrogen-bond donors (Lipinski definition) is 1. The third-order valence-corrected chi connectivity index (χ3v) is 2.03. The summed E-state index contributed by atoms with van der Waals surface area (Å²) in [5.74, 6) is 0. The average Bonchev–Trinajstić information content (AvgIpc) is 2.42. The van der Waals surface area contributed by atoms with Crippen molar-refractivity contribution < 1.29 is 5.11 Å². The van der Waals surface area contributed by atoms with E-state index in [1.54, 1.807) is 0 Å². The zero-order valence-corrected chi connectivity index (χ0v) is 7.23. The number of rotatable bonds is 1. The number of aliphatic hydroxyl groups excluding tert-OH is 1. The summed E-state index contributed by atoms with van der Waals surface area (Å²) < 4.78 is 0. The summed E-state index contributed by atoms with van der Waals surface area (Å²) in [6, 6.07) is 0. The first kappa shape index (κ1) is 7.80. The molecule has 0 saturated heterocycles. The van der Waals surface area contributed by atoms with Crippen molar-refractivity contribution in [3.63, 3.8) is 0 Å². The highest BCUT2D eigenvalue weighted by molar-refractivity contribution is 5.37. The molecule has 0 saturated carbocycles. The highest BCUT2D eigenvalue weighted by Crippen LogP contribution is 2.39. The van der Waals surface area contributed by atoms with Gasteiger partial charge in [-0.15, -0.1) is 0 Å². The molecule has 1 aliphatic rings. The van der Waals surface area contributed by atoms with Gasteiger partial charge in [-0.25, -0.2) is 0 Å². The predicted octanol–water partition coefficient (Wildman–Crippen LogP) is 2.11. The van der Waals surface area contributed by atoms with E-state index in [0.29, 0.717) is 0 Å². The van der Waals surface area contributed by atoms with Crippen molar-refractivity contribution in [2.24, 2.45) is 5.41 Å². The van der Waals surface area contributed by atoms with Crippen LogP contribution in [0, 0.1) is 5.41 Å². The minimum atomic E-state index is -0.215. The molecule has 0 aromatic carbocycles. The first-order valence-electron chi connectivity index (χ1n) is 3.79. The molecule has 0 fully saturated rings. The van der Waals surface area contributed by atoms with Crippen molar-refractivity contribution in [2.75, 3.05) is 0 Å². The van der Waals surface area contributed by atoms with Crippen molar-refractivity contribution in [2.45, 2.75) is 40.2 Å². The van der Waals surface area contributed by atoms with Crippen LogP contribution in [-0.2, 0) is 0 Å². The Morgan fingerprint density at radius 3 is 1.90 bits per heavy atom. The third kappa shape index (κ3) is 1.40. The molecule has 1 rings (SSSR count). The van der Waals surface area contributed by atoms with Crippen LogP contribution >= 0.6 is 0 Å². The van der Waals surface area contributed by atoms with Gasteiger partial charge in [-0.3, -0.25) is 0 Å². The molecule has 0 bridgehead atoms. The maximum atomic E-state index is 9.64. The van der Waals surface area contributed by atoms with Gasteiger partial charge in [0, 0.05) is 0 Å². The highest BCUT2D eigenvalue weighted by atomic mass is 16.3. The van der Waals surface area contributed by atoms with Crippen LogP contribution in [-0.4, -0.2) is 11.2 Å². The SMILES string of the molecule is CC1=C([C@H](O)C(C)(C)C)C1. The van der Waals surface area contributed by atoms with E-state index in [4.69, 9.17) is 0 Å². The van der Waals surface area contributed by atoms with E-state index >= 15 is 0 Å². The molecule has 10 heavy (non-hydrogen) atoms. The molecular weight excluding hydrogens is 124 g/mol. The van der Waals surface area contributed by atoms with Gasteiger partial charge in [-0.05, 0) is 24.3 Å². The van der Waals surface area contributed by atoms with E-state index in [2.05, 4.69) is 27.7 Å². The molecule has 0 aromatic rings. The summed E-state index contributed by atoms with van der Waals surface area (Å²) in [7, 11) is 0. The fraction of sp³-hybridized carbons (Fsp3) is 0.778. The van der Waals surface area contributed by atoms with Crippen LogP contribution in [0.2, 0.25) is 0 Å². The molecule has 58 valence electrons. The van der Waals surface area contributed by atoms with Gasteiger partial charge in [0.2, 0.25) is 0 Å². The molecule has 0 spiro atoms. The van der Waals surface area contributed by atoms with E-state index in [-0.39, 0.29) is 11.5 Å².